The fraction of sp³-hybridized carbons (Fsp3) is 0.227. The van der Waals surface area contributed by atoms with Crippen LogP contribution in [0.4, 0.5) is 17.5 Å². The summed E-state index contributed by atoms with van der Waals surface area (Å²) in [6.45, 7) is 6.75. The summed E-state index contributed by atoms with van der Waals surface area (Å²) >= 11 is 0. The van der Waals surface area contributed by atoms with Gasteiger partial charge in [0.15, 0.2) is 11.4 Å². The molecule has 0 aliphatic rings. The van der Waals surface area contributed by atoms with Gasteiger partial charge in [-0.05, 0) is 49.2 Å². The molecule has 0 bridgehead atoms. The van der Waals surface area contributed by atoms with E-state index in [2.05, 4.69) is 34.6 Å². The van der Waals surface area contributed by atoms with E-state index >= 15 is 0 Å². The Bertz CT molecular complexity index is 1210. The van der Waals surface area contributed by atoms with E-state index < -0.39 is 5.76 Å². The number of rotatable bonds is 7. The Morgan fingerprint density at radius 3 is 2.67 bits per heavy atom. The van der Waals surface area contributed by atoms with Crippen molar-refractivity contribution in [1.29, 1.82) is 0 Å². The molecule has 8 nitrogen and oxygen atoms in total. The molecule has 0 saturated carbocycles. The van der Waals surface area contributed by atoms with E-state index in [1.54, 1.807) is 18.3 Å². The zero-order chi connectivity index (χ0) is 21.1. The second-order valence-corrected chi connectivity index (χ2v) is 7.36. The maximum atomic E-state index is 12.2. The van der Waals surface area contributed by atoms with Gasteiger partial charge < -0.3 is 14.5 Å². The minimum atomic E-state index is -0.513. The highest BCUT2D eigenvalue weighted by Gasteiger charge is 2.11. The molecule has 0 saturated heterocycles. The summed E-state index contributed by atoms with van der Waals surface area (Å²) in [4.78, 5) is 21.1. The third-order valence-electron chi connectivity index (χ3n) is 4.37. The van der Waals surface area contributed by atoms with E-state index in [1.165, 1.54) is 4.68 Å². The zero-order valence-corrected chi connectivity index (χ0v) is 17.0. The molecule has 2 N–H and O–H groups in total. The minimum absolute atomic E-state index is 0.403. The number of nitrogens with zero attached hydrogens (tertiary/aromatic N) is 3. The van der Waals surface area contributed by atoms with Crippen molar-refractivity contribution >= 4 is 28.6 Å². The highest BCUT2D eigenvalue weighted by atomic mass is 16.5. The van der Waals surface area contributed by atoms with Crippen LogP contribution in [0, 0.1) is 12.8 Å². The Balaban J connectivity index is 1.53. The smallest absolute Gasteiger partial charge is 0.439 e. The number of aromatic nitrogens is 3. The van der Waals surface area contributed by atoms with E-state index in [0.717, 1.165) is 17.0 Å². The SMILES string of the molecule is Cc1cnc(Nc2ccc(OCC(C)C)cc2)nc1Nn1c(=O)oc2ccccc21. The summed E-state index contributed by atoms with van der Waals surface area (Å²) in [5.74, 6) is 1.67. The van der Waals surface area contributed by atoms with E-state index in [0.29, 0.717) is 35.4 Å². The molecule has 4 rings (SSSR count). The van der Waals surface area contributed by atoms with Crippen molar-refractivity contribution in [2.45, 2.75) is 20.8 Å². The van der Waals surface area contributed by atoms with Gasteiger partial charge in [0.2, 0.25) is 5.95 Å². The van der Waals surface area contributed by atoms with E-state index in [-0.39, 0.29) is 0 Å². The molecule has 2 aromatic heterocycles. The lowest BCUT2D eigenvalue weighted by molar-refractivity contribution is 0.271. The van der Waals surface area contributed by atoms with E-state index in [9.17, 15) is 4.79 Å². The van der Waals surface area contributed by atoms with Gasteiger partial charge in [0.1, 0.15) is 11.3 Å². The second kappa shape index (κ2) is 8.28. The topological polar surface area (TPSA) is 94.2 Å². The van der Waals surface area contributed by atoms with Crippen LogP contribution in [0.25, 0.3) is 11.1 Å². The quantitative estimate of drug-likeness (QED) is 0.472. The summed E-state index contributed by atoms with van der Waals surface area (Å²) in [7, 11) is 0. The molecule has 0 aliphatic carbocycles. The molecule has 30 heavy (non-hydrogen) atoms. The molecular formula is C22H23N5O3. The molecule has 0 amide bonds. The number of aryl methyl sites for hydroxylation is 1. The highest BCUT2D eigenvalue weighted by Crippen LogP contribution is 2.21. The van der Waals surface area contributed by atoms with Crippen molar-refractivity contribution in [2.75, 3.05) is 17.3 Å². The number of nitrogens with one attached hydrogen (secondary N) is 2. The van der Waals surface area contributed by atoms with Gasteiger partial charge in [-0.1, -0.05) is 26.0 Å². The van der Waals surface area contributed by atoms with Crippen LogP contribution in [0.15, 0.2) is 63.9 Å². The Kier molecular flexibility index (Phi) is 5.38. The molecule has 2 heterocycles. The Hall–Kier alpha value is -3.81. The van der Waals surface area contributed by atoms with Crippen LogP contribution >= 0.6 is 0 Å². The molecule has 0 atom stereocenters. The maximum absolute atomic E-state index is 12.2. The van der Waals surface area contributed by atoms with Crippen LogP contribution in [0.2, 0.25) is 0 Å². The summed E-state index contributed by atoms with van der Waals surface area (Å²) in [6.07, 6.45) is 1.69. The zero-order valence-electron chi connectivity index (χ0n) is 17.0. The predicted octanol–water partition coefficient (Wildman–Crippen LogP) is 4.35. The number of fused-ring (bicyclic) bond motifs is 1. The Morgan fingerprint density at radius 1 is 1.13 bits per heavy atom. The van der Waals surface area contributed by atoms with Crippen LogP contribution in [-0.2, 0) is 0 Å². The van der Waals surface area contributed by atoms with Crippen LogP contribution in [-0.4, -0.2) is 21.3 Å². The second-order valence-electron chi connectivity index (χ2n) is 7.36. The molecule has 2 aromatic carbocycles. The van der Waals surface area contributed by atoms with Gasteiger partial charge in [0, 0.05) is 17.4 Å². The average molecular weight is 405 g/mol. The number of anilines is 3. The molecule has 0 unspecified atom stereocenters. The highest BCUT2D eigenvalue weighted by molar-refractivity contribution is 5.73. The van der Waals surface area contributed by atoms with Gasteiger partial charge in [-0.2, -0.15) is 9.66 Å². The Morgan fingerprint density at radius 2 is 1.90 bits per heavy atom. The molecular weight excluding hydrogens is 382 g/mol. The van der Waals surface area contributed by atoms with Crippen molar-refractivity contribution in [3.05, 3.63) is 70.8 Å². The van der Waals surface area contributed by atoms with Gasteiger partial charge in [-0.15, -0.1) is 0 Å². The van der Waals surface area contributed by atoms with Crippen LogP contribution in [0.1, 0.15) is 19.4 Å². The van der Waals surface area contributed by atoms with Gasteiger partial charge in [0.25, 0.3) is 0 Å². The minimum Gasteiger partial charge on any atom is -0.493 e. The van der Waals surface area contributed by atoms with E-state index in [1.807, 2.05) is 43.3 Å². The predicted molar refractivity (Wildman–Crippen MR) is 116 cm³/mol. The lowest BCUT2D eigenvalue weighted by atomic mass is 10.2. The lowest BCUT2D eigenvalue weighted by Crippen LogP contribution is -2.23. The van der Waals surface area contributed by atoms with Gasteiger partial charge in [-0.3, -0.25) is 5.43 Å². The third kappa shape index (κ3) is 4.27. The monoisotopic (exact) mass is 405 g/mol. The number of oxazole rings is 1. The first-order chi connectivity index (χ1) is 14.5. The molecule has 8 heteroatoms. The van der Waals surface area contributed by atoms with Gasteiger partial charge >= 0.3 is 5.76 Å². The van der Waals surface area contributed by atoms with Crippen LogP contribution < -0.4 is 21.2 Å². The fourth-order valence-corrected chi connectivity index (χ4v) is 2.82. The number of para-hydroxylation sites is 2. The molecule has 4 aromatic rings. The number of benzene rings is 2. The largest absolute Gasteiger partial charge is 0.493 e. The van der Waals surface area contributed by atoms with Gasteiger partial charge in [0.05, 0.1) is 6.61 Å². The van der Waals surface area contributed by atoms with Crippen molar-refractivity contribution in [2.24, 2.45) is 5.92 Å². The van der Waals surface area contributed by atoms with Crippen molar-refractivity contribution in [1.82, 2.24) is 14.6 Å². The van der Waals surface area contributed by atoms with Crippen molar-refractivity contribution < 1.29 is 9.15 Å². The molecule has 154 valence electrons. The maximum Gasteiger partial charge on any atom is 0.439 e. The number of hydrogen-bond donors (Lipinski definition) is 2. The summed E-state index contributed by atoms with van der Waals surface area (Å²) in [5.41, 5.74) is 5.77. The average Bonchev–Trinajstić information content (AvgIpc) is 3.05. The standard InChI is InChI=1S/C22H23N5O3/c1-14(2)13-29-17-10-8-16(9-11-17)24-21-23-12-15(3)20(25-21)26-27-18-6-4-5-7-19(18)30-22(27)28/h4-12,14H,13H2,1-3H3,(H2,23,24,25,26). The van der Waals surface area contributed by atoms with Gasteiger partial charge in [-0.25, -0.2) is 9.78 Å². The fourth-order valence-electron chi connectivity index (χ4n) is 2.82. The normalized spacial score (nSPS) is 11.1. The summed E-state index contributed by atoms with van der Waals surface area (Å²) in [5, 5.41) is 3.17. The van der Waals surface area contributed by atoms with E-state index in [4.69, 9.17) is 9.15 Å². The van der Waals surface area contributed by atoms with Crippen molar-refractivity contribution in [3.8, 4) is 5.75 Å². The lowest BCUT2D eigenvalue weighted by Gasteiger charge is -2.12. The first-order valence-electron chi connectivity index (χ1n) is 9.71. The molecule has 0 aliphatic heterocycles. The summed E-state index contributed by atoms with van der Waals surface area (Å²) < 4.78 is 12.3. The Labute approximate surface area is 173 Å². The van der Waals surface area contributed by atoms with Crippen molar-refractivity contribution in [3.63, 3.8) is 0 Å². The first kappa shape index (κ1) is 19.5. The third-order valence-corrected chi connectivity index (χ3v) is 4.37. The van der Waals surface area contributed by atoms with Crippen LogP contribution in [0.5, 0.6) is 5.75 Å². The van der Waals surface area contributed by atoms with Crippen LogP contribution in [0.3, 0.4) is 0 Å². The molecule has 0 spiro atoms. The number of ether oxygens (including phenoxy) is 1. The number of hydrogen-bond acceptors (Lipinski definition) is 7. The molecule has 0 radical (unpaired) electrons. The first-order valence-corrected chi connectivity index (χ1v) is 9.71. The molecule has 0 fully saturated rings. The summed E-state index contributed by atoms with van der Waals surface area (Å²) in [6, 6.07) is 14.8.